The fourth-order valence-electron chi connectivity index (χ4n) is 3.45. The molecule has 1 aliphatic heterocycles. The minimum atomic E-state index is 0.166. The van der Waals surface area contributed by atoms with Crippen LogP contribution in [0.15, 0.2) is 24.3 Å². The van der Waals surface area contributed by atoms with Crippen molar-refractivity contribution in [3.63, 3.8) is 0 Å². The number of ether oxygens (including phenoxy) is 1. The SMILES string of the molecule is C#Cc1cccc(NC2CCOC3(CCCC3)C2)c1. The third kappa shape index (κ3) is 2.77. The summed E-state index contributed by atoms with van der Waals surface area (Å²) in [6.45, 7) is 0.881. The summed E-state index contributed by atoms with van der Waals surface area (Å²) < 4.78 is 6.07. The summed E-state index contributed by atoms with van der Waals surface area (Å²) in [6, 6.07) is 8.64. The van der Waals surface area contributed by atoms with Gasteiger partial charge in [0, 0.05) is 23.9 Å². The van der Waals surface area contributed by atoms with Crippen LogP contribution < -0.4 is 5.32 Å². The van der Waals surface area contributed by atoms with Gasteiger partial charge < -0.3 is 10.1 Å². The molecule has 1 N–H and O–H groups in total. The molecule has 1 saturated heterocycles. The number of terminal acetylenes is 1. The van der Waals surface area contributed by atoms with Crippen LogP contribution in [0.1, 0.15) is 44.1 Å². The number of nitrogens with one attached hydrogen (secondary N) is 1. The molecule has 19 heavy (non-hydrogen) atoms. The van der Waals surface area contributed by atoms with Crippen LogP contribution >= 0.6 is 0 Å². The van der Waals surface area contributed by atoms with E-state index in [2.05, 4.69) is 23.4 Å². The van der Waals surface area contributed by atoms with Crippen molar-refractivity contribution in [2.75, 3.05) is 11.9 Å². The molecule has 1 spiro atoms. The molecule has 100 valence electrons. The summed E-state index contributed by atoms with van der Waals surface area (Å²) in [5.41, 5.74) is 2.24. The highest BCUT2D eigenvalue weighted by Crippen LogP contribution is 2.40. The first-order chi connectivity index (χ1) is 9.30. The van der Waals surface area contributed by atoms with Crippen LogP contribution in [0.5, 0.6) is 0 Å². The third-order valence-electron chi connectivity index (χ3n) is 4.41. The molecule has 0 bridgehead atoms. The van der Waals surface area contributed by atoms with Crippen molar-refractivity contribution in [2.45, 2.75) is 50.2 Å². The van der Waals surface area contributed by atoms with Gasteiger partial charge in [0.15, 0.2) is 0 Å². The molecule has 2 fully saturated rings. The Labute approximate surface area is 115 Å². The molecule has 1 saturated carbocycles. The molecule has 1 aromatic carbocycles. The van der Waals surface area contributed by atoms with Crippen molar-refractivity contribution < 1.29 is 4.74 Å². The van der Waals surface area contributed by atoms with Crippen LogP contribution in [-0.4, -0.2) is 18.2 Å². The molecule has 0 radical (unpaired) electrons. The van der Waals surface area contributed by atoms with Crippen LogP contribution in [0.2, 0.25) is 0 Å². The smallest absolute Gasteiger partial charge is 0.0702 e. The first-order valence-electron chi connectivity index (χ1n) is 7.27. The molecule has 1 aliphatic carbocycles. The molecule has 2 aliphatic rings. The number of rotatable bonds is 2. The van der Waals surface area contributed by atoms with Gasteiger partial charge in [0.05, 0.1) is 5.60 Å². The predicted molar refractivity (Wildman–Crippen MR) is 78.2 cm³/mol. The van der Waals surface area contributed by atoms with Gasteiger partial charge in [-0.05, 0) is 43.9 Å². The van der Waals surface area contributed by atoms with E-state index in [0.29, 0.717) is 6.04 Å². The minimum absolute atomic E-state index is 0.166. The Morgan fingerprint density at radius 1 is 1.32 bits per heavy atom. The molecule has 1 atom stereocenters. The highest BCUT2D eigenvalue weighted by atomic mass is 16.5. The lowest BCUT2D eigenvalue weighted by atomic mass is 9.89. The van der Waals surface area contributed by atoms with Gasteiger partial charge in [0.2, 0.25) is 0 Å². The maximum Gasteiger partial charge on any atom is 0.0702 e. The van der Waals surface area contributed by atoms with E-state index in [1.54, 1.807) is 0 Å². The second-order valence-electron chi connectivity index (χ2n) is 5.80. The van der Waals surface area contributed by atoms with E-state index in [0.717, 1.165) is 30.7 Å². The molecule has 2 heteroatoms. The predicted octanol–water partition coefficient (Wildman–Crippen LogP) is 3.57. The average Bonchev–Trinajstić information content (AvgIpc) is 2.87. The Morgan fingerprint density at radius 3 is 2.95 bits per heavy atom. The largest absolute Gasteiger partial charge is 0.382 e. The van der Waals surface area contributed by atoms with E-state index in [1.807, 2.05) is 12.1 Å². The number of anilines is 1. The van der Waals surface area contributed by atoms with Crippen molar-refractivity contribution in [3.05, 3.63) is 29.8 Å². The summed E-state index contributed by atoms with van der Waals surface area (Å²) in [7, 11) is 0. The van der Waals surface area contributed by atoms with Crippen LogP contribution in [-0.2, 0) is 4.74 Å². The number of hydrogen-bond acceptors (Lipinski definition) is 2. The maximum atomic E-state index is 6.07. The summed E-state index contributed by atoms with van der Waals surface area (Å²) >= 11 is 0. The monoisotopic (exact) mass is 255 g/mol. The van der Waals surface area contributed by atoms with Gasteiger partial charge in [-0.25, -0.2) is 0 Å². The molecule has 3 rings (SSSR count). The van der Waals surface area contributed by atoms with E-state index in [-0.39, 0.29) is 5.60 Å². The van der Waals surface area contributed by atoms with Crippen LogP contribution in [0.25, 0.3) is 0 Å². The van der Waals surface area contributed by atoms with Crippen LogP contribution in [0.4, 0.5) is 5.69 Å². The lowest BCUT2D eigenvalue weighted by Crippen LogP contribution is -2.42. The van der Waals surface area contributed by atoms with Crippen molar-refractivity contribution in [3.8, 4) is 12.3 Å². The van der Waals surface area contributed by atoms with Gasteiger partial charge in [0.25, 0.3) is 0 Å². The fraction of sp³-hybridized carbons (Fsp3) is 0.529. The first kappa shape index (κ1) is 12.6. The van der Waals surface area contributed by atoms with Gasteiger partial charge in [-0.3, -0.25) is 0 Å². The lowest BCUT2D eigenvalue weighted by molar-refractivity contribution is -0.0767. The molecular formula is C17H21NO. The van der Waals surface area contributed by atoms with Gasteiger partial charge >= 0.3 is 0 Å². The molecule has 0 aromatic heterocycles. The van der Waals surface area contributed by atoms with Crippen LogP contribution in [0.3, 0.4) is 0 Å². The Balaban J connectivity index is 1.67. The zero-order valence-corrected chi connectivity index (χ0v) is 11.3. The van der Waals surface area contributed by atoms with E-state index >= 15 is 0 Å². The summed E-state index contributed by atoms with van der Waals surface area (Å²) in [5.74, 6) is 2.69. The van der Waals surface area contributed by atoms with Gasteiger partial charge in [0.1, 0.15) is 0 Å². The van der Waals surface area contributed by atoms with Crippen molar-refractivity contribution in [1.29, 1.82) is 0 Å². The summed E-state index contributed by atoms with van der Waals surface area (Å²) in [4.78, 5) is 0. The molecule has 1 unspecified atom stereocenters. The fourth-order valence-corrected chi connectivity index (χ4v) is 3.45. The second-order valence-corrected chi connectivity index (χ2v) is 5.80. The molecule has 1 aromatic rings. The van der Waals surface area contributed by atoms with Gasteiger partial charge in [-0.2, -0.15) is 0 Å². The Kier molecular flexibility index (Phi) is 3.48. The molecule has 1 heterocycles. The molecule has 0 amide bonds. The Morgan fingerprint density at radius 2 is 2.16 bits per heavy atom. The molecule has 2 nitrogen and oxygen atoms in total. The van der Waals surface area contributed by atoms with E-state index in [9.17, 15) is 0 Å². The van der Waals surface area contributed by atoms with Crippen molar-refractivity contribution in [1.82, 2.24) is 0 Å². The Hall–Kier alpha value is -1.46. The van der Waals surface area contributed by atoms with Gasteiger partial charge in [-0.15, -0.1) is 6.42 Å². The topological polar surface area (TPSA) is 21.3 Å². The molecular weight excluding hydrogens is 234 g/mol. The zero-order valence-electron chi connectivity index (χ0n) is 11.3. The van der Waals surface area contributed by atoms with E-state index in [1.165, 1.54) is 25.7 Å². The second kappa shape index (κ2) is 5.27. The average molecular weight is 255 g/mol. The number of hydrogen-bond donors (Lipinski definition) is 1. The Bertz CT molecular complexity index is 482. The quantitative estimate of drug-likeness (QED) is 0.816. The standard InChI is InChI=1S/C17H21NO/c1-2-14-6-5-7-15(12-14)18-16-8-11-19-17(13-16)9-3-4-10-17/h1,5-7,12,16,18H,3-4,8-11,13H2. The minimum Gasteiger partial charge on any atom is -0.382 e. The third-order valence-corrected chi connectivity index (χ3v) is 4.41. The van der Waals surface area contributed by atoms with Crippen molar-refractivity contribution in [2.24, 2.45) is 0 Å². The number of benzene rings is 1. The van der Waals surface area contributed by atoms with E-state index < -0.39 is 0 Å². The van der Waals surface area contributed by atoms with Gasteiger partial charge in [-0.1, -0.05) is 24.8 Å². The maximum absolute atomic E-state index is 6.07. The lowest BCUT2D eigenvalue weighted by Gasteiger charge is -2.39. The first-order valence-corrected chi connectivity index (χ1v) is 7.27. The zero-order chi connectivity index (χ0) is 13.1. The highest BCUT2D eigenvalue weighted by Gasteiger charge is 2.39. The summed E-state index contributed by atoms with van der Waals surface area (Å²) in [6.07, 6.45) is 12.8. The van der Waals surface area contributed by atoms with Crippen molar-refractivity contribution >= 4 is 5.69 Å². The highest BCUT2D eigenvalue weighted by molar-refractivity contribution is 5.50. The van der Waals surface area contributed by atoms with E-state index in [4.69, 9.17) is 11.2 Å². The van der Waals surface area contributed by atoms with Crippen LogP contribution in [0, 0.1) is 12.3 Å². The summed E-state index contributed by atoms with van der Waals surface area (Å²) in [5, 5.41) is 3.63. The normalized spacial score (nSPS) is 25.1.